The molecule has 4 nitrogen and oxygen atoms in total. The summed E-state index contributed by atoms with van der Waals surface area (Å²) in [5.74, 6) is 0. The third-order valence-electron chi connectivity index (χ3n) is 2.14. The summed E-state index contributed by atoms with van der Waals surface area (Å²) in [5.41, 5.74) is 1.80. The first-order chi connectivity index (χ1) is 7.47. The van der Waals surface area contributed by atoms with Crippen molar-refractivity contribution < 1.29 is 8.42 Å². The largest absolute Gasteiger partial charge is 0.333 e. The van der Waals surface area contributed by atoms with Crippen molar-refractivity contribution in [3.8, 4) is 11.3 Å². The highest BCUT2D eigenvalue weighted by Gasteiger charge is 2.07. The number of aromatic amines is 1. The third kappa shape index (κ3) is 2.43. The van der Waals surface area contributed by atoms with Gasteiger partial charge in [0.25, 0.3) is 0 Å². The highest BCUT2D eigenvalue weighted by atomic mass is 127. The highest BCUT2D eigenvalue weighted by molar-refractivity contribution is 14.1. The maximum absolute atomic E-state index is 11.3. The van der Waals surface area contributed by atoms with Crippen LogP contribution in [0.3, 0.4) is 0 Å². The van der Waals surface area contributed by atoms with E-state index >= 15 is 0 Å². The van der Waals surface area contributed by atoms with Gasteiger partial charge in [-0.05, 0) is 40.3 Å². The summed E-state index contributed by atoms with van der Waals surface area (Å²) in [6.45, 7) is 0. The first-order valence-electron chi connectivity index (χ1n) is 4.48. The van der Waals surface area contributed by atoms with E-state index in [0.717, 1.165) is 15.1 Å². The molecule has 1 aromatic heterocycles. The van der Waals surface area contributed by atoms with Gasteiger partial charge >= 0.3 is 0 Å². The topological polar surface area (TPSA) is 62.8 Å². The van der Waals surface area contributed by atoms with Crippen LogP contribution >= 0.6 is 22.6 Å². The second-order valence-electron chi connectivity index (χ2n) is 3.38. The van der Waals surface area contributed by atoms with Crippen LogP contribution in [0.4, 0.5) is 0 Å². The van der Waals surface area contributed by atoms with Crippen molar-refractivity contribution in [2.45, 2.75) is 4.90 Å². The fraction of sp³-hybridized carbons (Fsp3) is 0.100. The molecule has 6 heteroatoms. The minimum Gasteiger partial charge on any atom is -0.333 e. The van der Waals surface area contributed by atoms with E-state index in [1.54, 1.807) is 30.5 Å². The molecule has 0 aliphatic heterocycles. The number of H-pyrrole nitrogens is 1. The lowest BCUT2D eigenvalue weighted by atomic mass is 10.2. The van der Waals surface area contributed by atoms with Gasteiger partial charge in [0.1, 0.15) is 0 Å². The van der Waals surface area contributed by atoms with Crippen molar-refractivity contribution in [3.63, 3.8) is 0 Å². The Bertz CT molecular complexity index is 602. The molecule has 0 spiro atoms. The molecule has 2 rings (SSSR count). The fourth-order valence-corrected chi connectivity index (χ4v) is 2.39. The Hall–Kier alpha value is -0.890. The summed E-state index contributed by atoms with van der Waals surface area (Å²) in [6.07, 6.45) is 2.92. The number of aromatic nitrogens is 2. The van der Waals surface area contributed by atoms with Crippen LogP contribution in [0.2, 0.25) is 0 Å². The van der Waals surface area contributed by atoms with Crippen LogP contribution in [0.5, 0.6) is 0 Å². The third-order valence-corrected chi connectivity index (χ3v) is 3.81. The molecule has 1 N–H and O–H groups in total. The number of hydrogen-bond acceptors (Lipinski definition) is 3. The predicted molar refractivity (Wildman–Crippen MR) is 69.9 cm³/mol. The van der Waals surface area contributed by atoms with Gasteiger partial charge in [0.05, 0.1) is 16.8 Å². The van der Waals surface area contributed by atoms with Crippen LogP contribution in [-0.4, -0.2) is 24.6 Å². The van der Waals surface area contributed by atoms with Crippen LogP contribution < -0.4 is 0 Å². The van der Waals surface area contributed by atoms with Crippen LogP contribution in [0.1, 0.15) is 0 Å². The van der Waals surface area contributed by atoms with E-state index in [9.17, 15) is 8.42 Å². The van der Waals surface area contributed by atoms with Crippen LogP contribution in [0, 0.1) is 3.83 Å². The molecule has 2 aromatic rings. The number of rotatable bonds is 2. The number of benzene rings is 1. The molecule has 0 unspecified atom stereocenters. The molecular weight excluding hydrogens is 339 g/mol. The SMILES string of the molecule is CS(=O)(=O)c1ccc(-c2cnc(I)[nH]2)cc1. The normalized spacial score (nSPS) is 11.6. The summed E-state index contributed by atoms with van der Waals surface area (Å²) in [6, 6.07) is 6.72. The first-order valence-corrected chi connectivity index (χ1v) is 7.45. The summed E-state index contributed by atoms with van der Waals surface area (Å²) in [4.78, 5) is 7.48. The summed E-state index contributed by atoms with van der Waals surface area (Å²) in [7, 11) is -3.12. The zero-order valence-electron chi connectivity index (χ0n) is 8.44. The Morgan fingerprint density at radius 3 is 2.31 bits per heavy atom. The standard InChI is InChI=1S/C10H9IN2O2S/c1-16(14,15)8-4-2-7(3-5-8)9-6-12-10(11)13-9/h2-6H,1H3,(H,12,13). The number of sulfone groups is 1. The molecule has 16 heavy (non-hydrogen) atoms. The van der Waals surface area contributed by atoms with Gasteiger partial charge in [0.2, 0.25) is 0 Å². The number of hydrogen-bond donors (Lipinski definition) is 1. The Labute approximate surface area is 107 Å². The molecule has 0 aliphatic rings. The summed E-state index contributed by atoms with van der Waals surface area (Å²) < 4.78 is 23.3. The first kappa shape index (κ1) is 11.6. The molecule has 0 saturated heterocycles. The fourth-order valence-electron chi connectivity index (χ4n) is 1.33. The Kier molecular flexibility index (Phi) is 3.02. The molecular formula is C10H9IN2O2S. The lowest BCUT2D eigenvalue weighted by molar-refractivity contribution is 0.602. The van der Waals surface area contributed by atoms with E-state index in [-0.39, 0.29) is 0 Å². The van der Waals surface area contributed by atoms with E-state index < -0.39 is 9.84 Å². The number of nitrogens with zero attached hydrogens (tertiary/aromatic N) is 1. The number of halogens is 1. The monoisotopic (exact) mass is 348 g/mol. The maximum atomic E-state index is 11.3. The minimum atomic E-state index is -3.12. The molecule has 0 amide bonds. The average Bonchev–Trinajstić information content (AvgIpc) is 2.64. The van der Waals surface area contributed by atoms with Gasteiger partial charge in [-0.3, -0.25) is 0 Å². The summed E-state index contributed by atoms with van der Waals surface area (Å²) >= 11 is 2.08. The quantitative estimate of drug-likeness (QED) is 0.846. The van der Waals surface area contributed by atoms with Crippen LogP contribution in [-0.2, 0) is 9.84 Å². The number of imidazole rings is 1. The van der Waals surface area contributed by atoms with E-state index in [2.05, 4.69) is 32.6 Å². The molecule has 0 fully saturated rings. The molecule has 1 aromatic carbocycles. The van der Waals surface area contributed by atoms with Gasteiger partial charge in [-0.25, -0.2) is 13.4 Å². The molecule has 0 bridgehead atoms. The van der Waals surface area contributed by atoms with Crippen molar-refractivity contribution in [1.82, 2.24) is 9.97 Å². The molecule has 0 aliphatic carbocycles. The highest BCUT2D eigenvalue weighted by Crippen LogP contribution is 2.19. The van der Waals surface area contributed by atoms with Crippen molar-refractivity contribution in [1.29, 1.82) is 0 Å². The van der Waals surface area contributed by atoms with Gasteiger partial charge < -0.3 is 4.98 Å². The lowest BCUT2D eigenvalue weighted by Crippen LogP contribution is -1.96. The van der Waals surface area contributed by atoms with Gasteiger partial charge in [-0.15, -0.1) is 0 Å². The van der Waals surface area contributed by atoms with E-state index in [0.29, 0.717) is 4.90 Å². The van der Waals surface area contributed by atoms with Crippen molar-refractivity contribution in [2.24, 2.45) is 0 Å². The van der Waals surface area contributed by atoms with Gasteiger partial charge in [0.15, 0.2) is 13.7 Å². The molecule has 84 valence electrons. The maximum Gasteiger partial charge on any atom is 0.175 e. The lowest BCUT2D eigenvalue weighted by Gasteiger charge is -2.00. The predicted octanol–water partition coefficient (Wildman–Crippen LogP) is 2.08. The van der Waals surface area contributed by atoms with E-state index in [1.165, 1.54) is 6.26 Å². The smallest absolute Gasteiger partial charge is 0.175 e. The molecule has 0 atom stereocenters. The van der Waals surface area contributed by atoms with Gasteiger partial charge in [0, 0.05) is 6.26 Å². The average molecular weight is 348 g/mol. The minimum absolute atomic E-state index is 0.325. The van der Waals surface area contributed by atoms with E-state index in [4.69, 9.17) is 0 Å². The van der Waals surface area contributed by atoms with Crippen LogP contribution in [0.25, 0.3) is 11.3 Å². The van der Waals surface area contributed by atoms with E-state index in [1.807, 2.05) is 0 Å². The molecule has 1 heterocycles. The van der Waals surface area contributed by atoms with Crippen LogP contribution in [0.15, 0.2) is 35.4 Å². The van der Waals surface area contributed by atoms with Crippen molar-refractivity contribution in [3.05, 3.63) is 34.3 Å². The second-order valence-corrected chi connectivity index (χ2v) is 6.42. The Morgan fingerprint density at radius 1 is 1.25 bits per heavy atom. The zero-order valence-corrected chi connectivity index (χ0v) is 11.4. The Morgan fingerprint density at radius 2 is 1.88 bits per heavy atom. The molecule has 0 saturated carbocycles. The molecule has 0 radical (unpaired) electrons. The van der Waals surface area contributed by atoms with Gasteiger partial charge in [-0.1, -0.05) is 12.1 Å². The second kappa shape index (κ2) is 4.17. The van der Waals surface area contributed by atoms with Crippen molar-refractivity contribution in [2.75, 3.05) is 6.26 Å². The Balaban J connectivity index is 2.40. The zero-order chi connectivity index (χ0) is 11.8. The summed E-state index contributed by atoms with van der Waals surface area (Å²) in [5, 5.41) is 0. The number of nitrogens with one attached hydrogen (secondary N) is 1. The van der Waals surface area contributed by atoms with Crippen molar-refractivity contribution >= 4 is 32.4 Å². The van der Waals surface area contributed by atoms with Gasteiger partial charge in [-0.2, -0.15) is 0 Å².